The molecule has 0 aliphatic carbocycles. The number of para-hydroxylation sites is 1. The number of likely N-dealkylation sites (N-methyl/N-ethyl adjacent to an activating group) is 1. The highest BCUT2D eigenvalue weighted by molar-refractivity contribution is 5.98. The molecule has 1 aromatic carbocycles. The summed E-state index contributed by atoms with van der Waals surface area (Å²) in [6.07, 6.45) is 0. The second kappa shape index (κ2) is 8.48. The van der Waals surface area contributed by atoms with Gasteiger partial charge in [-0.3, -0.25) is 14.7 Å². The molecule has 1 aromatic heterocycles. The van der Waals surface area contributed by atoms with Gasteiger partial charge >= 0.3 is 5.97 Å². The Morgan fingerprint density at radius 1 is 1.22 bits per heavy atom. The van der Waals surface area contributed by atoms with Crippen LogP contribution in [0.15, 0.2) is 24.3 Å². The van der Waals surface area contributed by atoms with Crippen molar-refractivity contribution in [1.29, 1.82) is 0 Å². The number of carbonyl (C=O) groups excluding carboxylic acids is 2. The van der Waals surface area contributed by atoms with Crippen LogP contribution in [0, 0.1) is 6.92 Å². The van der Waals surface area contributed by atoms with E-state index in [1.165, 1.54) is 7.11 Å². The highest BCUT2D eigenvalue weighted by atomic mass is 16.5. The number of carbonyl (C=O) groups is 2. The molecular formula is C21H29N3O3. The van der Waals surface area contributed by atoms with Crippen LogP contribution in [-0.2, 0) is 16.1 Å². The topological polar surface area (TPSA) is 71.5 Å². The molecule has 0 spiro atoms. The number of fused-ring (bicyclic) bond motifs is 1. The lowest BCUT2D eigenvalue weighted by Crippen LogP contribution is -2.45. The third-order valence-electron chi connectivity index (χ3n) is 4.32. The van der Waals surface area contributed by atoms with Gasteiger partial charge in [-0.25, -0.2) is 4.79 Å². The molecule has 6 nitrogen and oxygen atoms in total. The Labute approximate surface area is 160 Å². The molecule has 0 saturated heterocycles. The standard InChI is InChI=1S/C21H29N3O3/c1-7-24(13-18(25)23-21(3,4)5)12-17-19(20(26)27-6)14(2)15-10-8-9-11-16(15)22-17/h8-11H,7,12-13H2,1-6H3,(H,23,25). The van der Waals surface area contributed by atoms with Crippen molar-refractivity contribution < 1.29 is 14.3 Å². The maximum absolute atomic E-state index is 12.4. The van der Waals surface area contributed by atoms with E-state index in [1.54, 1.807) is 0 Å². The Bertz CT molecular complexity index is 840. The lowest BCUT2D eigenvalue weighted by Gasteiger charge is -2.25. The zero-order chi connectivity index (χ0) is 20.2. The summed E-state index contributed by atoms with van der Waals surface area (Å²) in [5.41, 5.74) is 2.49. The van der Waals surface area contributed by atoms with Gasteiger partial charge in [0.25, 0.3) is 0 Å². The van der Waals surface area contributed by atoms with Gasteiger partial charge in [0.1, 0.15) is 0 Å². The zero-order valence-corrected chi connectivity index (χ0v) is 17.0. The quantitative estimate of drug-likeness (QED) is 0.790. The molecule has 0 radical (unpaired) electrons. The summed E-state index contributed by atoms with van der Waals surface area (Å²) >= 11 is 0. The molecule has 0 bridgehead atoms. The Balaban J connectivity index is 2.38. The summed E-state index contributed by atoms with van der Waals surface area (Å²) < 4.78 is 4.99. The lowest BCUT2D eigenvalue weighted by atomic mass is 10.0. The van der Waals surface area contributed by atoms with Gasteiger partial charge in [0.15, 0.2) is 0 Å². The van der Waals surface area contributed by atoms with Crippen LogP contribution in [0.2, 0.25) is 0 Å². The molecular weight excluding hydrogens is 342 g/mol. The van der Waals surface area contributed by atoms with Gasteiger partial charge in [-0.2, -0.15) is 0 Å². The normalized spacial score (nSPS) is 11.7. The van der Waals surface area contributed by atoms with E-state index < -0.39 is 5.97 Å². The van der Waals surface area contributed by atoms with Crippen molar-refractivity contribution in [3.05, 3.63) is 41.1 Å². The molecule has 27 heavy (non-hydrogen) atoms. The van der Waals surface area contributed by atoms with Crippen LogP contribution in [0.3, 0.4) is 0 Å². The van der Waals surface area contributed by atoms with Crippen LogP contribution in [0.5, 0.6) is 0 Å². The molecule has 2 aromatic rings. The second-order valence-corrected chi connectivity index (χ2v) is 7.67. The van der Waals surface area contributed by atoms with Crippen molar-refractivity contribution >= 4 is 22.8 Å². The first-order chi connectivity index (χ1) is 12.7. The molecule has 1 N–H and O–H groups in total. The fourth-order valence-electron chi connectivity index (χ4n) is 3.08. The van der Waals surface area contributed by atoms with Gasteiger partial charge in [0.2, 0.25) is 5.91 Å². The van der Waals surface area contributed by atoms with E-state index in [9.17, 15) is 9.59 Å². The first-order valence-electron chi connectivity index (χ1n) is 9.16. The Morgan fingerprint density at radius 3 is 2.48 bits per heavy atom. The summed E-state index contributed by atoms with van der Waals surface area (Å²) in [6, 6.07) is 7.72. The molecule has 0 saturated carbocycles. The molecule has 0 aliphatic heterocycles. The number of nitrogens with zero attached hydrogens (tertiary/aromatic N) is 2. The van der Waals surface area contributed by atoms with Crippen molar-refractivity contribution in [3.63, 3.8) is 0 Å². The predicted molar refractivity (Wildman–Crippen MR) is 107 cm³/mol. The number of ether oxygens (including phenoxy) is 1. The van der Waals surface area contributed by atoms with E-state index in [2.05, 4.69) is 5.32 Å². The average Bonchev–Trinajstić information content (AvgIpc) is 2.59. The summed E-state index contributed by atoms with van der Waals surface area (Å²) in [5.74, 6) is -0.461. The SMILES string of the molecule is CCN(CC(=O)NC(C)(C)C)Cc1nc2ccccc2c(C)c1C(=O)OC. The maximum Gasteiger partial charge on any atom is 0.340 e. The maximum atomic E-state index is 12.4. The minimum Gasteiger partial charge on any atom is -0.465 e. The van der Waals surface area contributed by atoms with Gasteiger partial charge in [-0.1, -0.05) is 25.1 Å². The van der Waals surface area contributed by atoms with Gasteiger partial charge in [-0.05, 0) is 45.9 Å². The van der Waals surface area contributed by atoms with E-state index in [0.717, 1.165) is 16.5 Å². The lowest BCUT2D eigenvalue weighted by molar-refractivity contribution is -0.123. The molecule has 1 amide bonds. The van der Waals surface area contributed by atoms with Crippen LogP contribution in [0.1, 0.15) is 49.3 Å². The Hall–Kier alpha value is -2.47. The average molecular weight is 371 g/mol. The number of pyridine rings is 1. The van der Waals surface area contributed by atoms with Gasteiger partial charge in [0, 0.05) is 17.5 Å². The first kappa shape index (κ1) is 20.8. The highest BCUT2D eigenvalue weighted by Crippen LogP contribution is 2.24. The number of hydrogen-bond donors (Lipinski definition) is 1. The molecule has 6 heteroatoms. The number of rotatable bonds is 6. The smallest absolute Gasteiger partial charge is 0.340 e. The zero-order valence-electron chi connectivity index (χ0n) is 17.0. The molecule has 1 heterocycles. The molecule has 0 atom stereocenters. The number of methoxy groups -OCH3 is 1. The highest BCUT2D eigenvalue weighted by Gasteiger charge is 2.22. The van der Waals surface area contributed by atoms with Crippen molar-refractivity contribution in [1.82, 2.24) is 15.2 Å². The van der Waals surface area contributed by atoms with E-state index >= 15 is 0 Å². The molecule has 2 rings (SSSR count). The summed E-state index contributed by atoms with van der Waals surface area (Å²) in [6.45, 7) is 11.0. The number of amides is 1. The fraction of sp³-hybridized carbons (Fsp3) is 0.476. The molecule has 146 valence electrons. The Morgan fingerprint density at radius 2 is 1.89 bits per heavy atom. The number of benzene rings is 1. The number of esters is 1. The summed E-state index contributed by atoms with van der Waals surface area (Å²) in [7, 11) is 1.37. The molecule has 0 fully saturated rings. The largest absolute Gasteiger partial charge is 0.465 e. The summed E-state index contributed by atoms with van der Waals surface area (Å²) in [5, 5.41) is 3.89. The van der Waals surface area contributed by atoms with Gasteiger partial charge < -0.3 is 10.1 Å². The Kier molecular flexibility index (Phi) is 6.54. The van der Waals surface area contributed by atoms with Gasteiger partial charge in [-0.15, -0.1) is 0 Å². The third-order valence-corrected chi connectivity index (χ3v) is 4.32. The van der Waals surface area contributed by atoms with E-state index in [1.807, 2.05) is 63.8 Å². The summed E-state index contributed by atoms with van der Waals surface area (Å²) in [4.78, 5) is 31.4. The first-order valence-corrected chi connectivity index (χ1v) is 9.16. The fourth-order valence-corrected chi connectivity index (χ4v) is 3.08. The minimum absolute atomic E-state index is 0.0542. The van der Waals surface area contributed by atoms with Crippen molar-refractivity contribution in [2.24, 2.45) is 0 Å². The van der Waals surface area contributed by atoms with Crippen LogP contribution < -0.4 is 5.32 Å². The number of aryl methyl sites for hydroxylation is 1. The second-order valence-electron chi connectivity index (χ2n) is 7.67. The number of hydrogen-bond acceptors (Lipinski definition) is 5. The molecule has 0 aliphatic rings. The third kappa shape index (κ3) is 5.26. The number of aromatic nitrogens is 1. The van der Waals surface area contributed by atoms with E-state index in [4.69, 9.17) is 9.72 Å². The van der Waals surface area contributed by atoms with E-state index in [-0.39, 0.29) is 18.0 Å². The molecule has 0 unspecified atom stereocenters. The number of nitrogens with one attached hydrogen (secondary N) is 1. The van der Waals surface area contributed by atoms with Crippen molar-refractivity contribution in [2.75, 3.05) is 20.2 Å². The van der Waals surface area contributed by atoms with Gasteiger partial charge in [0.05, 0.1) is 30.4 Å². The monoisotopic (exact) mass is 371 g/mol. The minimum atomic E-state index is -0.407. The van der Waals surface area contributed by atoms with E-state index in [0.29, 0.717) is 24.3 Å². The van der Waals surface area contributed by atoms with Crippen LogP contribution >= 0.6 is 0 Å². The van der Waals surface area contributed by atoms with Crippen molar-refractivity contribution in [2.45, 2.75) is 46.7 Å². The van der Waals surface area contributed by atoms with Crippen molar-refractivity contribution in [3.8, 4) is 0 Å². The van der Waals surface area contributed by atoms with Crippen LogP contribution in [0.4, 0.5) is 0 Å². The van der Waals surface area contributed by atoms with Crippen LogP contribution in [0.25, 0.3) is 10.9 Å². The van der Waals surface area contributed by atoms with Crippen LogP contribution in [-0.4, -0.2) is 47.5 Å². The predicted octanol–water partition coefficient (Wildman–Crippen LogP) is 3.07.